The van der Waals surface area contributed by atoms with Gasteiger partial charge in [-0.05, 0) is 5.56 Å². The lowest BCUT2D eigenvalue weighted by molar-refractivity contribution is -0.143. The summed E-state index contributed by atoms with van der Waals surface area (Å²) in [6.45, 7) is -1.12. The molecule has 8 heteroatoms. The van der Waals surface area contributed by atoms with Crippen molar-refractivity contribution in [1.82, 2.24) is 4.90 Å². The molecule has 21 heavy (non-hydrogen) atoms. The largest absolute Gasteiger partial charge is 0.480 e. The quantitative estimate of drug-likeness (QED) is 0.645. The van der Waals surface area contributed by atoms with Gasteiger partial charge in [-0.25, -0.2) is 9.69 Å². The van der Waals surface area contributed by atoms with Gasteiger partial charge in [0, 0.05) is 6.54 Å². The lowest BCUT2D eigenvalue weighted by Crippen LogP contribution is -2.51. The molecule has 1 atom stereocenters. The van der Waals surface area contributed by atoms with Crippen LogP contribution in [0.15, 0.2) is 30.3 Å². The molecule has 0 aliphatic heterocycles. The molecule has 0 fully saturated rings. The molecule has 1 aromatic carbocycles. The highest BCUT2D eigenvalue weighted by molar-refractivity contribution is 5.97. The number of aliphatic carboxylic acids is 1. The van der Waals surface area contributed by atoms with Crippen molar-refractivity contribution in [2.45, 2.75) is 12.6 Å². The van der Waals surface area contributed by atoms with Crippen molar-refractivity contribution in [2.24, 2.45) is 11.5 Å². The van der Waals surface area contributed by atoms with E-state index in [2.05, 4.69) is 0 Å². The van der Waals surface area contributed by atoms with Crippen LogP contribution < -0.4 is 11.5 Å². The monoisotopic (exact) mass is 295 g/mol. The summed E-state index contributed by atoms with van der Waals surface area (Å²) in [6, 6.07) is 7.60. The van der Waals surface area contributed by atoms with E-state index in [0.717, 1.165) is 0 Å². The number of carbonyl (C=O) groups is 3. The van der Waals surface area contributed by atoms with Crippen molar-refractivity contribution >= 4 is 18.0 Å². The van der Waals surface area contributed by atoms with Crippen LogP contribution >= 0.6 is 0 Å². The Morgan fingerprint density at radius 2 is 1.86 bits per heavy atom. The van der Waals surface area contributed by atoms with Gasteiger partial charge in [-0.2, -0.15) is 0 Å². The van der Waals surface area contributed by atoms with Crippen LogP contribution in [0.4, 0.5) is 4.79 Å². The number of hydrogen-bond acceptors (Lipinski definition) is 6. The van der Waals surface area contributed by atoms with Gasteiger partial charge in [-0.3, -0.25) is 9.59 Å². The van der Waals surface area contributed by atoms with Gasteiger partial charge in [-0.15, -0.1) is 0 Å². The topological polar surface area (TPSA) is 136 Å². The Bertz CT molecular complexity index is 506. The third-order valence-electron chi connectivity index (χ3n) is 2.56. The van der Waals surface area contributed by atoms with Crippen LogP contribution in [-0.2, 0) is 20.9 Å². The second kappa shape index (κ2) is 7.98. The molecule has 0 spiro atoms. The first-order valence-electron chi connectivity index (χ1n) is 6.15. The molecule has 0 heterocycles. The van der Waals surface area contributed by atoms with Gasteiger partial charge in [0.1, 0.15) is 13.2 Å². The minimum Gasteiger partial charge on any atom is -0.480 e. The van der Waals surface area contributed by atoms with Crippen molar-refractivity contribution in [3.63, 3.8) is 0 Å². The van der Waals surface area contributed by atoms with E-state index in [1.807, 2.05) is 0 Å². The van der Waals surface area contributed by atoms with Crippen LogP contribution in [0.25, 0.3) is 0 Å². The maximum absolute atomic E-state index is 11.8. The number of hydrogen-bond donors (Lipinski definition) is 3. The highest BCUT2D eigenvalue weighted by atomic mass is 16.6. The second-order valence-electron chi connectivity index (χ2n) is 4.20. The molecule has 0 bridgehead atoms. The van der Waals surface area contributed by atoms with Gasteiger partial charge < -0.3 is 21.3 Å². The predicted octanol–water partition coefficient (Wildman–Crippen LogP) is -0.478. The molecule has 0 aliphatic carbocycles. The summed E-state index contributed by atoms with van der Waals surface area (Å²) in [4.78, 5) is 34.8. The summed E-state index contributed by atoms with van der Waals surface area (Å²) in [5.74, 6) is -2.25. The molecule has 114 valence electrons. The van der Waals surface area contributed by atoms with Crippen LogP contribution in [0, 0.1) is 0 Å². The molecule has 2 amide bonds. The standard InChI is InChI=1S/C13H17N3O5/c14-6-10(15)12(19)16(7-11(17)18)13(20)21-8-9-4-2-1-3-5-9/h1-5,10H,6-8,14-15H2,(H,17,18)/t10-/m0/s1. The number of benzene rings is 1. The molecule has 0 aromatic heterocycles. The summed E-state index contributed by atoms with van der Waals surface area (Å²) < 4.78 is 4.91. The van der Waals surface area contributed by atoms with Gasteiger partial charge in [0.25, 0.3) is 5.91 Å². The minimum absolute atomic E-state index is 0.0824. The summed E-state index contributed by atoms with van der Waals surface area (Å²) >= 11 is 0. The van der Waals surface area contributed by atoms with Crippen LogP contribution in [0.1, 0.15) is 5.56 Å². The molecule has 0 saturated heterocycles. The zero-order chi connectivity index (χ0) is 15.8. The number of nitrogens with two attached hydrogens (primary N) is 2. The van der Waals surface area contributed by atoms with Crippen molar-refractivity contribution in [2.75, 3.05) is 13.1 Å². The third kappa shape index (κ3) is 5.21. The molecule has 0 unspecified atom stereocenters. The Morgan fingerprint density at radius 1 is 1.24 bits per heavy atom. The number of nitrogens with zero attached hydrogens (tertiary/aromatic N) is 1. The molecule has 0 saturated carbocycles. The fourth-order valence-electron chi connectivity index (χ4n) is 1.47. The summed E-state index contributed by atoms with van der Waals surface area (Å²) in [5.41, 5.74) is 11.4. The number of rotatable bonds is 6. The first kappa shape index (κ1) is 16.6. The molecular formula is C13H17N3O5. The highest BCUT2D eigenvalue weighted by Crippen LogP contribution is 2.04. The third-order valence-corrected chi connectivity index (χ3v) is 2.56. The summed E-state index contributed by atoms with van der Waals surface area (Å²) in [5, 5.41) is 8.75. The van der Waals surface area contributed by atoms with Gasteiger partial charge in [0.2, 0.25) is 0 Å². The van der Waals surface area contributed by atoms with Crippen molar-refractivity contribution in [3.05, 3.63) is 35.9 Å². The van der Waals surface area contributed by atoms with E-state index in [1.165, 1.54) is 0 Å². The lowest BCUT2D eigenvalue weighted by Gasteiger charge is -2.21. The Kier molecular flexibility index (Phi) is 6.31. The van der Waals surface area contributed by atoms with Gasteiger partial charge in [0.05, 0.1) is 6.04 Å². The Morgan fingerprint density at radius 3 is 2.38 bits per heavy atom. The van der Waals surface area contributed by atoms with E-state index in [0.29, 0.717) is 10.5 Å². The highest BCUT2D eigenvalue weighted by Gasteiger charge is 2.29. The Labute approximate surface area is 121 Å². The van der Waals surface area contributed by atoms with E-state index < -0.39 is 30.6 Å². The van der Waals surface area contributed by atoms with Crippen molar-refractivity contribution in [3.8, 4) is 0 Å². The minimum atomic E-state index is -1.36. The molecule has 0 radical (unpaired) electrons. The number of imide groups is 1. The maximum atomic E-state index is 11.8. The first-order chi connectivity index (χ1) is 9.95. The molecule has 0 aliphatic rings. The van der Waals surface area contributed by atoms with Crippen molar-refractivity contribution in [1.29, 1.82) is 0 Å². The van der Waals surface area contributed by atoms with Crippen LogP contribution in [-0.4, -0.2) is 47.1 Å². The number of ether oxygens (including phenoxy) is 1. The van der Waals surface area contributed by atoms with E-state index in [1.54, 1.807) is 30.3 Å². The summed E-state index contributed by atoms with van der Waals surface area (Å²) in [7, 11) is 0. The van der Waals surface area contributed by atoms with Gasteiger partial charge >= 0.3 is 12.1 Å². The van der Waals surface area contributed by atoms with E-state index >= 15 is 0 Å². The molecule has 1 rings (SSSR count). The molecular weight excluding hydrogens is 278 g/mol. The normalized spacial score (nSPS) is 11.5. The smallest absolute Gasteiger partial charge is 0.417 e. The van der Waals surface area contributed by atoms with Gasteiger partial charge in [-0.1, -0.05) is 30.3 Å². The van der Waals surface area contributed by atoms with Gasteiger partial charge in [0.15, 0.2) is 0 Å². The zero-order valence-electron chi connectivity index (χ0n) is 11.3. The maximum Gasteiger partial charge on any atom is 0.417 e. The van der Waals surface area contributed by atoms with Crippen LogP contribution in [0.5, 0.6) is 0 Å². The second-order valence-corrected chi connectivity index (χ2v) is 4.20. The first-order valence-corrected chi connectivity index (χ1v) is 6.15. The van der Waals surface area contributed by atoms with Crippen LogP contribution in [0.3, 0.4) is 0 Å². The molecule has 1 aromatic rings. The van der Waals surface area contributed by atoms with E-state index in [4.69, 9.17) is 21.3 Å². The Balaban J connectivity index is 2.71. The van der Waals surface area contributed by atoms with E-state index in [-0.39, 0.29) is 13.2 Å². The molecule has 5 N–H and O–H groups in total. The average molecular weight is 295 g/mol. The fraction of sp³-hybridized carbons (Fsp3) is 0.308. The molecule has 8 nitrogen and oxygen atoms in total. The zero-order valence-corrected chi connectivity index (χ0v) is 11.3. The number of carboxylic acids is 1. The summed E-state index contributed by atoms with van der Waals surface area (Å²) in [6.07, 6.45) is -1.07. The van der Waals surface area contributed by atoms with Crippen molar-refractivity contribution < 1.29 is 24.2 Å². The van der Waals surface area contributed by atoms with E-state index in [9.17, 15) is 14.4 Å². The lowest BCUT2D eigenvalue weighted by atomic mass is 10.2. The average Bonchev–Trinajstić information content (AvgIpc) is 2.49. The van der Waals surface area contributed by atoms with Crippen LogP contribution in [0.2, 0.25) is 0 Å². The number of carboxylic acid groups (broad SMARTS) is 1. The number of amides is 2. The number of carbonyl (C=O) groups excluding carboxylic acids is 2. The fourth-order valence-corrected chi connectivity index (χ4v) is 1.47. The SMILES string of the molecule is NC[C@H](N)C(=O)N(CC(=O)O)C(=O)OCc1ccccc1. The Hall–Kier alpha value is -2.45. The predicted molar refractivity (Wildman–Crippen MR) is 73.0 cm³/mol.